The maximum absolute atomic E-state index is 3.97. The molecule has 0 aromatic rings. The van der Waals surface area contributed by atoms with Gasteiger partial charge in [0.1, 0.15) is 0 Å². The standard InChI is InChI=1S/C6H8N6/c1-3-9-11-5(7-1)6-8-2-4-10-12-6/h1-5,7,10H,(H,8,12). The van der Waals surface area contributed by atoms with Crippen molar-refractivity contribution in [3.8, 4) is 0 Å². The Kier molecular flexibility index (Phi) is 1.73. The predicted octanol–water partition coefficient (Wildman–Crippen LogP) is -0.183. The minimum absolute atomic E-state index is 0.215. The summed E-state index contributed by atoms with van der Waals surface area (Å²) in [4.78, 5) is 0. The Balaban J connectivity index is 2.04. The van der Waals surface area contributed by atoms with E-state index >= 15 is 0 Å². The zero-order valence-electron chi connectivity index (χ0n) is 6.23. The first kappa shape index (κ1) is 6.84. The first-order chi connectivity index (χ1) is 5.97. The van der Waals surface area contributed by atoms with E-state index in [2.05, 4.69) is 31.4 Å². The molecule has 62 valence electrons. The molecule has 0 fully saturated rings. The smallest absolute Gasteiger partial charge is 0.200 e. The van der Waals surface area contributed by atoms with E-state index < -0.39 is 0 Å². The topological polar surface area (TPSA) is 73.2 Å². The van der Waals surface area contributed by atoms with E-state index in [4.69, 9.17) is 0 Å². The normalized spacial score (nSPS) is 25.3. The van der Waals surface area contributed by atoms with Gasteiger partial charge < -0.3 is 10.6 Å². The SMILES string of the molecule is C1=CNC(C2=NNC=CN2)N=N1. The molecule has 2 aliphatic rings. The van der Waals surface area contributed by atoms with Crippen LogP contribution in [0.3, 0.4) is 0 Å². The van der Waals surface area contributed by atoms with Gasteiger partial charge in [0, 0.05) is 18.6 Å². The average molecular weight is 164 g/mol. The van der Waals surface area contributed by atoms with E-state index in [0.717, 1.165) is 0 Å². The van der Waals surface area contributed by atoms with E-state index in [1.54, 1.807) is 24.8 Å². The molecule has 0 amide bonds. The van der Waals surface area contributed by atoms with Crippen LogP contribution in [0.4, 0.5) is 0 Å². The number of nitrogens with zero attached hydrogens (tertiary/aromatic N) is 3. The molecule has 0 radical (unpaired) electrons. The highest BCUT2D eigenvalue weighted by molar-refractivity contribution is 5.88. The van der Waals surface area contributed by atoms with Crippen LogP contribution in [0.25, 0.3) is 0 Å². The minimum Gasteiger partial charge on any atom is -0.361 e. The largest absolute Gasteiger partial charge is 0.361 e. The van der Waals surface area contributed by atoms with Crippen LogP contribution < -0.4 is 16.1 Å². The van der Waals surface area contributed by atoms with Crippen LogP contribution in [0.1, 0.15) is 0 Å². The van der Waals surface area contributed by atoms with Gasteiger partial charge in [-0.1, -0.05) is 0 Å². The summed E-state index contributed by atoms with van der Waals surface area (Å²) < 4.78 is 0. The van der Waals surface area contributed by atoms with Crippen LogP contribution in [0.5, 0.6) is 0 Å². The molecule has 1 atom stereocenters. The Morgan fingerprint density at radius 2 is 2.25 bits per heavy atom. The molecule has 6 heteroatoms. The van der Waals surface area contributed by atoms with Crippen LogP contribution in [-0.2, 0) is 0 Å². The molecule has 6 nitrogen and oxygen atoms in total. The third-order valence-corrected chi connectivity index (χ3v) is 1.41. The molecule has 12 heavy (non-hydrogen) atoms. The van der Waals surface area contributed by atoms with Crippen LogP contribution in [0.2, 0.25) is 0 Å². The highest BCUT2D eigenvalue weighted by atomic mass is 15.4. The van der Waals surface area contributed by atoms with Crippen LogP contribution in [-0.4, -0.2) is 12.0 Å². The highest BCUT2D eigenvalue weighted by Crippen LogP contribution is 1.97. The number of rotatable bonds is 1. The average Bonchev–Trinajstić information content (AvgIpc) is 2.21. The summed E-state index contributed by atoms with van der Waals surface area (Å²) in [5.41, 5.74) is 2.71. The number of amidine groups is 1. The van der Waals surface area contributed by atoms with Crippen LogP contribution >= 0.6 is 0 Å². The fraction of sp³-hybridized carbons (Fsp3) is 0.167. The number of hydrogen-bond acceptors (Lipinski definition) is 6. The maximum Gasteiger partial charge on any atom is 0.200 e. The number of nitrogens with one attached hydrogen (secondary N) is 3. The molecule has 2 rings (SSSR count). The van der Waals surface area contributed by atoms with Crippen molar-refractivity contribution in [1.29, 1.82) is 0 Å². The lowest BCUT2D eigenvalue weighted by atomic mass is 10.4. The first-order valence-electron chi connectivity index (χ1n) is 3.52. The van der Waals surface area contributed by atoms with Gasteiger partial charge in [-0.3, -0.25) is 5.43 Å². The van der Waals surface area contributed by atoms with Crippen molar-refractivity contribution in [1.82, 2.24) is 16.1 Å². The Bertz CT molecular complexity index is 276. The minimum atomic E-state index is -0.215. The van der Waals surface area contributed by atoms with Crippen LogP contribution in [0.15, 0.2) is 40.1 Å². The van der Waals surface area contributed by atoms with Gasteiger partial charge in [0.15, 0.2) is 12.0 Å². The number of hydrogen-bond donors (Lipinski definition) is 3. The zero-order chi connectivity index (χ0) is 8.23. The molecule has 0 saturated carbocycles. The van der Waals surface area contributed by atoms with E-state index in [0.29, 0.717) is 5.84 Å². The lowest BCUT2D eigenvalue weighted by molar-refractivity contribution is 0.679. The number of hydrazone groups is 1. The molecule has 0 aromatic carbocycles. The molecule has 0 bridgehead atoms. The predicted molar refractivity (Wildman–Crippen MR) is 43.8 cm³/mol. The summed E-state index contributed by atoms with van der Waals surface area (Å²) in [7, 11) is 0. The van der Waals surface area contributed by atoms with Gasteiger partial charge in [-0.2, -0.15) is 15.3 Å². The molecular weight excluding hydrogens is 156 g/mol. The van der Waals surface area contributed by atoms with E-state index in [-0.39, 0.29) is 6.17 Å². The van der Waals surface area contributed by atoms with Crippen molar-refractivity contribution in [3.05, 3.63) is 24.8 Å². The summed E-state index contributed by atoms with van der Waals surface area (Å²) in [6, 6.07) is 0. The lowest BCUT2D eigenvalue weighted by Crippen LogP contribution is -2.41. The van der Waals surface area contributed by atoms with Gasteiger partial charge in [-0.25, -0.2) is 0 Å². The fourth-order valence-electron chi connectivity index (χ4n) is 0.883. The van der Waals surface area contributed by atoms with Crippen LogP contribution in [0, 0.1) is 0 Å². The maximum atomic E-state index is 3.97. The second-order valence-electron chi connectivity index (χ2n) is 2.22. The van der Waals surface area contributed by atoms with Gasteiger partial charge in [0.2, 0.25) is 0 Å². The molecule has 0 aromatic heterocycles. The Morgan fingerprint density at radius 3 is 2.92 bits per heavy atom. The molecule has 2 aliphatic heterocycles. The summed E-state index contributed by atoms with van der Waals surface area (Å²) in [5.74, 6) is 0.700. The summed E-state index contributed by atoms with van der Waals surface area (Å²) in [6.07, 6.45) is 6.54. The molecular formula is C6H8N6. The molecule has 2 heterocycles. The van der Waals surface area contributed by atoms with Gasteiger partial charge in [-0.05, 0) is 0 Å². The van der Waals surface area contributed by atoms with Gasteiger partial charge >= 0.3 is 0 Å². The summed E-state index contributed by atoms with van der Waals surface area (Å²) in [5, 5.41) is 17.6. The van der Waals surface area contributed by atoms with E-state index in [1.165, 1.54) is 0 Å². The second kappa shape index (κ2) is 3.04. The van der Waals surface area contributed by atoms with Gasteiger partial charge in [-0.15, -0.1) is 0 Å². The zero-order valence-corrected chi connectivity index (χ0v) is 6.23. The quantitative estimate of drug-likeness (QED) is 0.503. The van der Waals surface area contributed by atoms with Crippen molar-refractivity contribution in [3.63, 3.8) is 0 Å². The second-order valence-corrected chi connectivity index (χ2v) is 2.22. The molecule has 1 unspecified atom stereocenters. The first-order valence-corrected chi connectivity index (χ1v) is 3.52. The van der Waals surface area contributed by atoms with Crippen molar-refractivity contribution >= 4 is 5.84 Å². The molecule has 3 N–H and O–H groups in total. The van der Waals surface area contributed by atoms with Crippen molar-refractivity contribution < 1.29 is 0 Å². The van der Waals surface area contributed by atoms with E-state index in [1.807, 2.05) is 0 Å². The monoisotopic (exact) mass is 164 g/mol. The van der Waals surface area contributed by atoms with Crippen molar-refractivity contribution in [2.24, 2.45) is 15.3 Å². The Labute approximate surface area is 69.1 Å². The van der Waals surface area contributed by atoms with Crippen molar-refractivity contribution in [2.45, 2.75) is 6.17 Å². The molecule has 0 spiro atoms. The van der Waals surface area contributed by atoms with E-state index in [9.17, 15) is 0 Å². The Morgan fingerprint density at radius 1 is 1.25 bits per heavy atom. The summed E-state index contributed by atoms with van der Waals surface area (Å²) >= 11 is 0. The Hall–Kier alpha value is -1.85. The van der Waals surface area contributed by atoms with Gasteiger partial charge in [0.05, 0.1) is 6.20 Å². The number of azo groups is 1. The summed E-state index contributed by atoms with van der Waals surface area (Å²) in [6.45, 7) is 0. The highest BCUT2D eigenvalue weighted by Gasteiger charge is 2.14. The third-order valence-electron chi connectivity index (χ3n) is 1.41. The van der Waals surface area contributed by atoms with Crippen molar-refractivity contribution in [2.75, 3.05) is 0 Å². The van der Waals surface area contributed by atoms with Gasteiger partial charge in [0.25, 0.3) is 0 Å². The molecule has 0 aliphatic carbocycles. The lowest BCUT2D eigenvalue weighted by Gasteiger charge is -2.17. The fourth-order valence-corrected chi connectivity index (χ4v) is 0.883. The third kappa shape index (κ3) is 1.26. The molecule has 0 saturated heterocycles.